The average Bonchev–Trinajstić information content (AvgIpc) is 2.71. The van der Waals surface area contributed by atoms with E-state index in [2.05, 4.69) is 35.6 Å². The lowest BCUT2D eigenvalue weighted by Gasteiger charge is -2.13. The Morgan fingerprint density at radius 3 is 2.64 bits per heavy atom. The lowest BCUT2D eigenvalue weighted by molar-refractivity contribution is 0.342. The zero-order valence-corrected chi connectivity index (χ0v) is 8.90. The molecule has 0 radical (unpaired) electrons. The van der Waals surface area contributed by atoms with E-state index in [0.29, 0.717) is 0 Å². The summed E-state index contributed by atoms with van der Waals surface area (Å²) < 4.78 is 1.97. The first-order chi connectivity index (χ1) is 6.86. The molecule has 0 bridgehead atoms. The van der Waals surface area contributed by atoms with Crippen molar-refractivity contribution in [2.75, 3.05) is 19.6 Å². The molecule has 0 saturated heterocycles. The smallest absolute Gasteiger partial charge is 0.0954 e. The molecule has 0 unspecified atom stereocenters. The van der Waals surface area contributed by atoms with E-state index < -0.39 is 0 Å². The first-order valence-electron chi connectivity index (χ1n) is 5.00. The van der Waals surface area contributed by atoms with Crippen molar-refractivity contribution in [3.63, 3.8) is 0 Å². The van der Waals surface area contributed by atoms with Crippen LogP contribution < -0.4 is 0 Å². The van der Waals surface area contributed by atoms with Crippen LogP contribution >= 0.6 is 0 Å². The van der Waals surface area contributed by atoms with Crippen molar-refractivity contribution < 1.29 is 0 Å². The van der Waals surface area contributed by atoms with E-state index in [1.165, 1.54) is 0 Å². The summed E-state index contributed by atoms with van der Waals surface area (Å²) in [6.45, 7) is 8.04. The fourth-order valence-corrected chi connectivity index (χ4v) is 1.14. The van der Waals surface area contributed by atoms with Crippen molar-refractivity contribution in [1.29, 1.82) is 0 Å². The maximum atomic E-state index is 3.95. The molecule has 1 aromatic rings. The van der Waals surface area contributed by atoms with Gasteiger partial charge in [0.1, 0.15) is 0 Å². The van der Waals surface area contributed by atoms with Crippen LogP contribution in [-0.4, -0.2) is 34.1 Å². The number of aromatic nitrogens is 2. The Morgan fingerprint density at radius 1 is 1.29 bits per heavy atom. The molecule has 3 nitrogen and oxygen atoms in total. The summed E-state index contributed by atoms with van der Waals surface area (Å²) in [5, 5.41) is 0. The van der Waals surface area contributed by atoms with Gasteiger partial charge in [0.05, 0.1) is 19.4 Å². The van der Waals surface area contributed by atoms with Crippen molar-refractivity contribution in [3.05, 3.63) is 18.7 Å². The van der Waals surface area contributed by atoms with E-state index >= 15 is 0 Å². The third-order valence-corrected chi connectivity index (χ3v) is 2.14. The number of hydrogen-bond acceptors (Lipinski definition) is 2. The van der Waals surface area contributed by atoms with Crippen LogP contribution in [0.25, 0.3) is 0 Å². The van der Waals surface area contributed by atoms with Crippen molar-refractivity contribution in [2.24, 2.45) is 0 Å². The van der Waals surface area contributed by atoms with Crippen LogP contribution in [0.5, 0.6) is 0 Å². The van der Waals surface area contributed by atoms with Crippen LogP contribution in [-0.2, 0) is 6.54 Å². The normalized spacial score (nSPS) is 9.93. The molecular formula is C11H17N3. The highest BCUT2D eigenvalue weighted by Gasteiger charge is 1.92. The lowest BCUT2D eigenvalue weighted by Crippen LogP contribution is -2.22. The molecule has 0 aromatic carbocycles. The van der Waals surface area contributed by atoms with Gasteiger partial charge in [-0.3, -0.25) is 4.90 Å². The van der Waals surface area contributed by atoms with Crippen LogP contribution in [0, 0.1) is 11.8 Å². The second-order valence-corrected chi connectivity index (χ2v) is 3.05. The summed E-state index contributed by atoms with van der Waals surface area (Å²) in [7, 11) is 0. The molecule has 76 valence electrons. The maximum absolute atomic E-state index is 3.95. The standard InChI is InChI=1S/C11H17N3/c1-3-13(4-2)8-5-6-9-14-10-7-12-11-14/h7,10-11H,3-4,8-9H2,1-2H3. The number of nitrogens with zero attached hydrogens (tertiary/aromatic N) is 3. The quantitative estimate of drug-likeness (QED) is 0.667. The molecule has 0 N–H and O–H groups in total. The molecule has 0 atom stereocenters. The van der Waals surface area contributed by atoms with Crippen LogP contribution in [0.1, 0.15) is 13.8 Å². The fourth-order valence-electron chi connectivity index (χ4n) is 1.14. The number of imidazole rings is 1. The Hall–Kier alpha value is -1.27. The van der Waals surface area contributed by atoms with Crippen molar-refractivity contribution in [3.8, 4) is 11.8 Å². The van der Waals surface area contributed by atoms with Crippen LogP contribution in [0.4, 0.5) is 0 Å². The van der Waals surface area contributed by atoms with Crippen molar-refractivity contribution >= 4 is 0 Å². The first kappa shape index (κ1) is 10.8. The zero-order valence-electron chi connectivity index (χ0n) is 8.90. The van der Waals surface area contributed by atoms with E-state index in [9.17, 15) is 0 Å². The van der Waals surface area contributed by atoms with Crippen LogP contribution in [0.2, 0.25) is 0 Å². The predicted molar refractivity (Wildman–Crippen MR) is 57.8 cm³/mol. The van der Waals surface area contributed by atoms with Crippen molar-refractivity contribution in [2.45, 2.75) is 20.4 Å². The van der Waals surface area contributed by atoms with Crippen LogP contribution in [0.3, 0.4) is 0 Å². The predicted octanol–water partition coefficient (Wildman–Crippen LogP) is 1.23. The van der Waals surface area contributed by atoms with E-state index in [0.717, 1.165) is 26.2 Å². The Kier molecular flexibility index (Phi) is 4.81. The average molecular weight is 191 g/mol. The third kappa shape index (κ3) is 3.63. The molecule has 3 heteroatoms. The van der Waals surface area contributed by atoms with Gasteiger partial charge in [0.2, 0.25) is 0 Å². The van der Waals surface area contributed by atoms with Gasteiger partial charge in [0.15, 0.2) is 0 Å². The molecular weight excluding hydrogens is 174 g/mol. The zero-order chi connectivity index (χ0) is 10.2. The molecule has 1 heterocycles. The summed E-state index contributed by atoms with van der Waals surface area (Å²) >= 11 is 0. The fraction of sp³-hybridized carbons (Fsp3) is 0.545. The Bertz CT molecular complexity index is 288. The summed E-state index contributed by atoms with van der Waals surface area (Å²) in [6.07, 6.45) is 5.48. The second-order valence-electron chi connectivity index (χ2n) is 3.05. The third-order valence-electron chi connectivity index (χ3n) is 2.14. The minimum atomic E-state index is 0.737. The molecule has 0 aliphatic carbocycles. The number of hydrogen-bond donors (Lipinski definition) is 0. The molecule has 0 aliphatic heterocycles. The van der Waals surface area contributed by atoms with Gasteiger partial charge < -0.3 is 4.57 Å². The highest BCUT2D eigenvalue weighted by Crippen LogP contribution is 1.85. The highest BCUT2D eigenvalue weighted by molar-refractivity contribution is 5.01. The van der Waals surface area contributed by atoms with E-state index in [1.54, 1.807) is 12.5 Å². The molecule has 0 fully saturated rings. The number of rotatable bonds is 4. The highest BCUT2D eigenvalue weighted by atomic mass is 15.1. The van der Waals surface area contributed by atoms with Gasteiger partial charge in [-0.25, -0.2) is 4.98 Å². The Morgan fingerprint density at radius 2 is 2.07 bits per heavy atom. The molecule has 14 heavy (non-hydrogen) atoms. The minimum Gasteiger partial charge on any atom is -0.326 e. The van der Waals surface area contributed by atoms with Gasteiger partial charge >= 0.3 is 0 Å². The van der Waals surface area contributed by atoms with Gasteiger partial charge in [-0.1, -0.05) is 25.7 Å². The van der Waals surface area contributed by atoms with Gasteiger partial charge in [0, 0.05) is 12.4 Å². The topological polar surface area (TPSA) is 21.1 Å². The molecule has 0 spiro atoms. The second kappa shape index (κ2) is 6.22. The first-order valence-corrected chi connectivity index (χ1v) is 5.00. The molecule has 0 saturated carbocycles. The lowest BCUT2D eigenvalue weighted by atomic mass is 10.4. The molecule has 0 aliphatic rings. The summed E-state index contributed by atoms with van der Waals surface area (Å²) in [4.78, 5) is 6.25. The van der Waals surface area contributed by atoms with Gasteiger partial charge in [0.25, 0.3) is 0 Å². The summed E-state index contributed by atoms with van der Waals surface area (Å²) in [5.41, 5.74) is 0. The summed E-state index contributed by atoms with van der Waals surface area (Å²) in [5.74, 6) is 6.27. The monoisotopic (exact) mass is 191 g/mol. The largest absolute Gasteiger partial charge is 0.326 e. The summed E-state index contributed by atoms with van der Waals surface area (Å²) in [6, 6.07) is 0. The molecule has 1 rings (SSSR count). The maximum Gasteiger partial charge on any atom is 0.0954 e. The van der Waals surface area contributed by atoms with Crippen molar-refractivity contribution in [1.82, 2.24) is 14.5 Å². The molecule has 1 aromatic heterocycles. The van der Waals surface area contributed by atoms with Crippen LogP contribution in [0.15, 0.2) is 18.7 Å². The van der Waals surface area contributed by atoms with Gasteiger partial charge in [-0.2, -0.15) is 0 Å². The van der Waals surface area contributed by atoms with Gasteiger partial charge in [-0.05, 0) is 13.1 Å². The van der Waals surface area contributed by atoms with Gasteiger partial charge in [-0.15, -0.1) is 0 Å². The Labute approximate surface area is 85.7 Å². The van der Waals surface area contributed by atoms with E-state index in [4.69, 9.17) is 0 Å². The minimum absolute atomic E-state index is 0.737. The Balaban J connectivity index is 2.27. The molecule has 0 amide bonds. The van der Waals surface area contributed by atoms with E-state index in [-0.39, 0.29) is 0 Å². The van der Waals surface area contributed by atoms with E-state index in [1.807, 2.05) is 10.8 Å². The SMILES string of the molecule is CCN(CC)CC#CCn1ccnc1.